The number of aromatic nitrogens is 2. The number of piperidine rings is 1. The number of carbonyl (C=O) groups is 1. The van der Waals surface area contributed by atoms with Crippen LogP contribution in [0.4, 0.5) is 0 Å². The molecule has 2 unspecified atom stereocenters. The minimum absolute atomic E-state index is 0.235. The third-order valence-corrected chi connectivity index (χ3v) is 9.46. The molecule has 1 aromatic carbocycles. The van der Waals surface area contributed by atoms with Crippen molar-refractivity contribution in [3.63, 3.8) is 0 Å². The van der Waals surface area contributed by atoms with Crippen LogP contribution in [-0.4, -0.2) is 58.8 Å². The summed E-state index contributed by atoms with van der Waals surface area (Å²) in [5, 5.41) is 0. The van der Waals surface area contributed by atoms with E-state index in [1.165, 1.54) is 30.0 Å². The van der Waals surface area contributed by atoms with Gasteiger partial charge in [-0.25, -0.2) is 13.4 Å². The number of aryl methyl sites for hydroxylation is 2. The predicted molar refractivity (Wildman–Crippen MR) is 126 cm³/mol. The molecule has 4 rings (SSSR count). The molecule has 1 aliphatic heterocycles. The fourth-order valence-electron chi connectivity index (χ4n) is 5.62. The van der Waals surface area contributed by atoms with Crippen LogP contribution in [0.1, 0.15) is 64.6 Å². The summed E-state index contributed by atoms with van der Waals surface area (Å²) in [6.45, 7) is 5.44. The molecule has 0 bridgehead atoms. The van der Waals surface area contributed by atoms with Crippen molar-refractivity contribution in [3.8, 4) is 0 Å². The van der Waals surface area contributed by atoms with Gasteiger partial charge in [0.2, 0.25) is 15.9 Å². The molecule has 176 valence electrons. The van der Waals surface area contributed by atoms with Gasteiger partial charge < -0.3 is 9.47 Å². The van der Waals surface area contributed by atoms with Crippen LogP contribution in [-0.2, 0) is 28.3 Å². The average Bonchev–Trinajstić information content (AvgIpc) is 3.12. The van der Waals surface area contributed by atoms with Gasteiger partial charge in [-0.2, -0.15) is 4.31 Å². The van der Waals surface area contributed by atoms with Crippen LogP contribution < -0.4 is 0 Å². The first kappa shape index (κ1) is 23.2. The standard InChI is InChI=1S/C24H36N4O3S/c1-4-27(5-2)32(30,31)19-12-13-22-20(17-19)25-23(26(22)3)14-15-24(29)28-16-8-10-18-9-6-7-11-21(18)28/h12-13,17-18,21H,4-11,14-16H2,1-3H3. The zero-order valence-electron chi connectivity index (χ0n) is 19.6. The molecule has 0 N–H and O–H groups in total. The van der Waals surface area contributed by atoms with Crippen molar-refractivity contribution < 1.29 is 13.2 Å². The van der Waals surface area contributed by atoms with Gasteiger partial charge in [-0.1, -0.05) is 26.7 Å². The molecule has 7 nitrogen and oxygen atoms in total. The van der Waals surface area contributed by atoms with Gasteiger partial charge in [-0.3, -0.25) is 4.79 Å². The van der Waals surface area contributed by atoms with E-state index in [2.05, 4.69) is 4.90 Å². The van der Waals surface area contributed by atoms with Crippen molar-refractivity contribution in [3.05, 3.63) is 24.0 Å². The molecule has 0 radical (unpaired) electrons. The molecule has 1 saturated carbocycles. The highest BCUT2D eigenvalue weighted by atomic mass is 32.2. The Labute approximate surface area is 191 Å². The predicted octanol–water partition coefficient (Wildman–Crippen LogP) is 3.72. The SMILES string of the molecule is CCN(CC)S(=O)(=O)c1ccc2c(c1)nc(CCC(=O)N1CCCC3CCCCC31)n2C. The largest absolute Gasteiger partial charge is 0.339 e. The average molecular weight is 461 g/mol. The highest BCUT2D eigenvalue weighted by Crippen LogP contribution is 2.35. The normalized spacial score (nSPS) is 21.8. The molecule has 1 amide bonds. The Morgan fingerprint density at radius 2 is 1.84 bits per heavy atom. The molecule has 32 heavy (non-hydrogen) atoms. The quantitative estimate of drug-likeness (QED) is 0.631. The molecular weight excluding hydrogens is 424 g/mol. The second-order valence-electron chi connectivity index (χ2n) is 9.17. The minimum atomic E-state index is -3.52. The fraction of sp³-hybridized carbons (Fsp3) is 0.667. The van der Waals surface area contributed by atoms with Gasteiger partial charge in [-0.05, 0) is 49.8 Å². The lowest BCUT2D eigenvalue weighted by molar-refractivity contribution is -0.137. The minimum Gasteiger partial charge on any atom is -0.339 e. The molecule has 2 fully saturated rings. The number of benzene rings is 1. The van der Waals surface area contributed by atoms with E-state index in [4.69, 9.17) is 4.98 Å². The van der Waals surface area contributed by atoms with Crippen LogP contribution in [0.25, 0.3) is 11.0 Å². The number of sulfonamides is 1. The molecule has 2 aromatic rings. The summed E-state index contributed by atoms with van der Waals surface area (Å²) in [4.78, 5) is 20.2. The number of imidazole rings is 1. The number of carbonyl (C=O) groups excluding carboxylic acids is 1. The Kier molecular flexibility index (Phi) is 6.91. The number of hydrogen-bond donors (Lipinski definition) is 0. The van der Waals surface area contributed by atoms with Gasteiger partial charge in [0.1, 0.15) is 5.82 Å². The third kappa shape index (κ3) is 4.31. The first-order valence-electron chi connectivity index (χ1n) is 12.1. The molecule has 1 saturated heterocycles. The number of rotatable bonds is 7. The summed E-state index contributed by atoms with van der Waals surface area (Å²) in [6, 6.07) is 5.56. The molecule has 2 heterocycles. The number of likely N-dealkylation sites (tertiary alicyclic amines) is 1. The summed E-state index contributed by atoms with van der Waals surface area (Å²) >= 11 is 0. The van der Waals surface area contributed by atoms with Crippen LogP contribution in [0, 0.1) is 5.92 Å². The lowest BCUT2D eigenvalue weighted by Crippen LogP contribution is -2.49. The van der Waals surface area contributed by atoms with Gasteiger partial charge in [0, 0.05) is 45.6 Å². The van der Waals surface area contributed by atoms with Gasteiger partial charge >= 0.3 is 0 Å². The number of hydrogen-bond acceptors (Lipinski definition) is 4. The number of amides is 1. The Balaban J connectivity index is 1.50. The summed E-state index contributed by atoms with van der Waals surface area (Å²) in [5.74, 6) is 1.74. The highest BCUT2D eigenvalue weighted by Gasteiger charge is 2.35. The molecule has 0 spiro atoms. The van der Waals surface area contributed by atoms with E-state index in [9.17, 15) is 13.2 Å². The second-order valence-corrected chi connectivity index (χ2v) is 11.1. The zero-order valence-corrected chi connectivity index (χ0v) is 20.4. The van der Waals surface area contributed by atoms with Crippen LogP contribution in [0.2, 0.25) is 0 Å². The topological polar surface area (TPSA) is 75.5 Å². The lowest BCUT2D eigenvalue weighted by Gasteiger charge is -2.44. The third-order valence-electron chi connectivity index (χ3n) is 7.41. The first-order chi connectivity index (χ1) is 15.4. The summed E-state index contributed by atoms with van der Waals surface area (Å²) < 4.78 is 29.2. The van der Waals surface area contributed by atoms with Crippen molar-refractivity contribution in [1.29, 1.82) is 0 Å². The van der Waals surface area contributed by atoms with Crippen molar-refractivity contribution in [2.24, 2.45) is 13.0 Å². The lowest BCUT2D eigenvalue weighted by atomic mass is 9.78. The van der Waals surface area contributed by atoms with Crippen molar-refractivity contribution in [1.82, 2.24) is 18.8 Å². The summed E-state index contributed by atoms with van der Waals surface area (Å²) in [7, 11) is -1.59. The molecule has 1 aromatic heterocycles. The van der Waals surface area contributed by atoms with E-state index in [0.29, 0.717) is 43.4 Å². The van der Waals surface area contributed by atoms with E-state index in [0.717, 1.165) is 30.7 Å². The maximum Gasteiger partial charge on any atom is 0.243 e. The molecule has 2 aliphatic rings. The van der Waals surface area contributed by atoms with E-state index in [1.54, 1.807) is 12.1 Å². The van der Waals surface area contributed by atoms with Crippen molar-refractivity contribution in [2.75, 3.05) is 19.6 Å². The Morgan fingerprint density at radius 3 is 2.59 bits per heavy atom. The van der Waals surface area contributed by atoms with Gasteiger partial charge in [0.15, 0.2) is 0 Å². The van der Waals surface area contributed by atoms with Crippen molar-refractivity contribution in [2.45, 2.75) is 76.2 Å². The monoisotopic (exact) mass is 460 g/mol. The molecular formula is C24H36N4O3S. The smallest absolute Gasteiger partial charge is 0.243 e. The Bertz CT molecular complexity index is 1070. The highest BCUT2D eigenvalue weighted by molar-refractivity contribution is 7.89. The Morgan fingerprint density at radius 1 is 1.12 bits per heavy atom. The van der Waals surface area contributed by atoms with Crippen molar-refractivity contribution >= 4 is 27.0 Å². The van der Waals surface area contributed by atoms with E-state index >= 15 is 0 Å². The number of fused-ring (bicyclic) bond motifs is 2. The second kappa shape index (κ2) is 9.51. The van der Waals surface area contributed by atoms with Crippen LogP contribution >= 0.6 is 0 Å². The van der Waals surface area contributed by atoms with Gasteiger partial charge in [0.05, 0.1) is 15.9 Å². The maximum absolute atomic E-state index is 13.1. The van der Waals surface area contributed by atoms with E-state index in [-0.39, 0.29) is 10.8 Å². The summed E-state index contributed by atoms with van der Waals surface area (Å²) in [5.41, 5.74) is 1.55. The van der Waals surface area contributed by atoms with Crippen LogP contribution in [0.15, 0.2) is 23.1 Å². The van der Waals surface area contributed by atoms with E-state index < -0.39 is 10.0 Å². The van der Waals surface area contributed by atoms with Gasteiger partial charge in [-0.15, -0.1) is 0 Å². The van der Waals surface area contributed by atoms with E-state index in [1.807, 2.05) is 31.5 Å². The molecule has 1 aliphatic carbocycles. The first-order valence-corrected chi connectivity index (χ1v) is 13.6. The fourth-order valence-corrected chi connectivity index (χ4v) is 7.10. The molecule has 2 atom stereocenters. The number of nitrogens with zero attached hydrogens (tertiary/aromatic N) is 4. The van der Waals surface area contributed by atoms with Crippen LogP contribution in [0.3, 0.4) is 0 Å². The zero-order chi connectivity index (χ0) is 22.9. The molecule has 8 heteroatoms. The maximum atomic E-state index is 13.1. The summed E-state index contributed by atoms with van der Waals surface area (Å²) in [6.07, 6.45) is 8.33. The Hall–Kier alpha value is -1.93. The van der Waals surface area contributed by atoms with Gasteiger partial charge in [0.25, 0.3) is 0 Å². The van der Waals surface area contributed by atoms with Crippen LogP contribution in [0.5, 0.6) is 0 Å².